The summed E-state index contributed by atoms with van der Waals surface area (Å²) in [5.74, 6) is 0. The molecule has 0 aromatic rings. The summed E-state index contributed by atoms with van der Waals surface area (Å²) in [6.07, 6.45) is 0. The first-order valence-electron chi connectivity index (χ1n) is 1.35. The minimum Gasteiger partial charge on any atom is -0.100 e. The second-order valence-corrected chi connectivity index (χ2v) is 1.21. The molecule has 0 aromatic carbocycles. The third-order valence-corrected chi connectivity index (χ3v) is 0. The van der Waals surface area contributed by atoms with Crippen LogP contribution in [0.2, 0.25) is 0 Å². The van der Waals surface area contributed by atoms with E-state index in [1.165, 1.54) is 5.57 Å². The molecule has 0 fully saturated rings. The number of hydrogen-bond acceptors (Lipinski definition) is 0. The molecule has 0 unspecified atom stereocenters. The predicted molar refractivity (Wildman–Crippen MR) is 33.0 cm³/mol. The molecule has 35 valence electrons. The van der Waals surface area contributed by atoms with Crippen molar-refractivity contribution in [3.8, 4) is 0 Å². The van der Waals surface area contributed by atoms with Gasteiger partial charge in [0.25, 0.3) is 0 Å². The van der Waals surface area contributed by atoms with Crippen LogP contribution < -0.4 is 0 Å². The van der Waals surface area contributed by atoms with Crippen LogP contribution in [0.15, 0.2) is 12.2 Å². The summed E-state index contributed by atoms with van der Waals surface area (Å²) in [7, 11) is 0. The van der Waals surface area contributed by atoms with Crippen molar-refractivity contribution in [2.45, 2.75) is 21.3 Å². The van der Waals surface area contributed by atoms with Gasteiger partial charge >= 0.3 is 0 Å². The van der Waals surface area contributed by atoms with Crippen LogP contribution in [-0.2, 0) is 0 Å². The highest BCUT2D eigenvalue weighted by atomic mass is 13.6. The van der Waals surface area contributed by atoms with Crippen LogP contribution in [0.5, 0.6) is 0 Å². The monoisotopic (exact) mass is 83.1 g/mol. The molecule has 0 aromatic heterocycles. The quantitative estimate of drug-likeness (QED) is 0.309. The van der Waals surface area contributed by atoms with E-state index in [0.29, 0.717) is 0 Å². The molecule has 0 nitrogen and oxygen atoms in total. The fraction of sp³-hybridized carbons (Fsp3) is 0.600. The molecule has 0 heterocycles. The minimum atomic E-state index is 0. The first kappa shape index (κ1) is 17.0. The summed E-state index contributed by atoms with van der Waals surface area (Å²) in [4.78, 5) is 0. The predicted octanol–water partition coefficient (Wildman–Crippen LogP) is 1.84. The molecule has 6 heavy (non-hydrogen) atoms. The summed E-state index contributed by atoms with van der Waals surface area (Å²) in [5, 5.41) is 0. The van der Waals surface area contributed by atoms with Crippen molar-refractivity contribution in [1.29, 1.82) is 0 Å². The average molecular weight is 83.0 g/mol. The highest BCUT2D eigenvalue weighted by Crippen LogP contribution is 1.73. The van der Waals surface area contributed by atoms with E-state index in [4.69, 9.17) is 0 Å². The van der Waals surface area contributed by atoms with Crippen LogP contribution in [0.1, 0.15) is 21.3 Å². The molecule has 1 heteroatoms. The van der Waals surface area contributed by atoms with E-state index in [2.05, 4.69) is 6.58 Å². The van der Waals surface area contributed by atoms with Gasteiger partial charge in [0.1, 0.15) is 0 Å². The minimum absolute atomic E-state index is 0. The van der Waals surface area contributed by atoms with Crippen molar-refractivity contribution in [1.82, 2.24) is 0 Å². The summed E-state index contributed by atoms with van der Waals surface area (Å²) in [6, 6.07) is 0. The third-order valence-electron chi connectivity index (χ3n) is 0. The van der Waals surface area contributed by atoms with E-state index in [9.17, 15) is 0 Å². The fourth-order valence-electron chi connectivity index (χ4n) is 0. The second-order valence-electron chi connectivity index (χ2n) is 1.21. The largest absolute Gasteiger partial charge is 0.100 e. The molecule has 0 atom stereocenters. The lowest BCUT2D eigenvalue weighted by molar-refractivity contribution is 1.42. The van der Waals surface area contributed by atoms with Crippen LogP contribution in [0.3, 0.4) is 0 Å². The third kappa shape index (κ3) is 787. The van der Waals surface area contributed by atoms with Crippen LogP contribution in [0, 0.1) is 0 Å². The highest BCUT2D eigenvalue weighted by molar-refractivity contribution is 5.75. The normalized spacial score (nSPS) is 4.33. The molecule has 0 saturated heterocycles. The van der Waals surface area contributed by atoms with Crippen molar-refractivity contribution >= 4 is 8.41 Å². The molecule has 0 spiro atoms. The zero-order chi connectivity index (χ0) is 3.58. The fourth-order valence-corrected chi connectivity index (χ4v) is 0. The Morgan fingerprint density at radius 3 is 1.33 bits per heavy atom. The van der Waals surface area contributed by atoms with Gasteiger partial charge in [0, 0.05) is 8.41 Å². The first-order chi connectivity index (χ1) is 1.73. The molecule has 0 aliphatic carbocycles. The zero-order valence-corrected chi connectivity index (χ0v) is 3.78. The van der Waals surface area contributed by atoms with E-state index in [-0.39, 0.29) is 15.8 Å². The van der Waals surface area contributed by atoms with Gasteiger partial charge in [0.2, 0.25) is 0 Å². The Kier molecular flexibility index (Phi) is 25.1. The lowest BCUT2D eigenvalue weighted by atomic mass is 10.4. The summed E-state index contributed by atoms with van der Waals surface area (Å²) in [6.45, 7) is 7.50. The van der Waals surface area contributed by atoms with E-state index < -0.39 is 0 Å². The van der Waals surface area contributed by atoms with Gasteiger partial charge in [-0.3, -0.25) is 0 Å². The molecule has 3 radical (unpaired) electrons. The van der Waals surface area contributed by atoms with Crippen LogP contribution in [0.25, 0.3) is 0 Å². The SMILES string of the molecule is C.C=C(C)C.[B]. The van der Waals surface area contributed by atoms with Gasteiger partial charge in [0.05, 0.1) is 0 Å². The maximum Gasteiger partial charge on any atom is 0 e. The number of allylic oxidation sites excluding steroid dienone is 1. The zero-order valence-electron chi connectivity index (χ0n) is 3.78. The lowest BCUT2D eigenvalue weighted by Crippen LogP contribution is -1.43. The van der Waals surface area contributed by atoms with E-state index in [1.54, 1.807) is 0 Å². The van der Waals surface area contributed by atoms with Gasteiger partial charge in [0.15, 0.2) is 0 Å². The maximum absolute atomic E-state index is 3.56. The van der Waals surface area contributed by atoms with E-state index in [1.807, 2.05) is 13.8 Å². The van der Waals surface area contributed by atoms with Crippen molar-refractivity contribution in [3.63, 3.8) is 0 Å². The summed E-state index contributed by atoms with van der Waals surface area (Å²) in [5.41, 5.74) is 1.17. The summed E-state index contributed by atoms with van der Waals surface area (Å²) >= 11 is 0. The molecule has 0 aliphatic heterocycles. The average Bonchev–Trinajstić information content (AvgIpc) is 0.811. The Morgan fingerprint density at radius 2 is 1.33 bits per heavy atom. The molecule has 0 aliphatic rings. The smallest absolute Gasteiger partial charge is 0 e. The van der Waals surface area contributed by atoms with E-state index >= 15 is 0 Å². The van der Waals surface area contributed by atoms with Crippen molar-refractivity contribution in [3.05, 3.63) is 12.2 Å². The Bertz CT molecular complexity index is 26.9. The van der Waals surface area contributed by atoms with Gasteiger partial charge in [-0.15, -0.1) is 6.58 Å². The lowest BCUT2D eigenvalue weighted by Gasteiger charge is -1.65. The first-order valence-corrected chi connectivity index (χ1v) is 1.35. The second kappa shape index (κ2) is 8.84. The van der Waals surface area contributed by atoms with Gasteiger partial charge in [-0.2, -0.15) is 0 Å². The maximum atomic E-state index is 3.56. The van der Waals surface area contributed by atoms with E-state index in [0.717, 1.165) is 0 Å². The molecule has 0 N–H and O–H groups in total. The molecule has 0 rings (SSSR count). The molecule has 0 bridgehead atoms. The van der Waals surface area contributed by atoms with Gasteiger partial charge < -0.3 is 0 Å². The highest BCUT2D eigenvalue weighted by Gasteiger charge is 1.51. The van der Waals surface area contributed by atoms with Crippen LogP contribution in [-0.4, -0.2) is 8.41 Å². The van der Waals surface area contributed by atoms with Gasteiger partial charge in [-0.1, -0.05) is 13.0 Å². The van der Waals surface area contributed by atoms with Crippen molar-refractivity contribution in [2.75, 3.05) is 0 Å². The molecular formula is C5H12B. The molecule has 0 saturated carbocycles. The van der Waals surface area contributed by atoms with Gasteiger partial charge in [-0.25, -0.2) is 0 Å². The number of rotatable bonds is 0. The Labute approximate surface area is 42.8 Å². The van der Waals surface area contributed by atoms with Crippen LogP contribution >= 0.6 is 0 Å². The topological polar surface area (TPSA) is 0 Å². The molecule has 0 amide bonds. The van der Waals surface area contributed by atoms with Crippen molar-refractivity contribution < 1.29 is 0 Å². The number of hydrogen-bond donors (Lipinski definition) is 0. The Hall–Kier alpha value is -0.195. The summed E-state index contributed by atoms with van der Waals surface area (Å²) < 4.78 is 0. The van der Waals surface area contributed by atoms with Gasteiger partial charge in [-0.05, 0) is 13.8 Å². The Balaban J connectivity index is -0.0000000450. The Morgan fingerprint density at radius 1 is 1.33 bits per heavy atom. The van der Waals surface area contributed by atoms with Crippen molar-refractivity contribution in [2.24, 2.45) is 0 Å². The molecular weight excluding hydrogens is 70.9 g/mol. The van der Waals surface area contributed by atoms with Crippen LogP contribution in [0.4, 0.5) is 0 Å². The standard InChI is InChI=1S/C4H8.CH4.B/c1-4(2)3;;/h1H2,2-3H3;1H4;.